The number of nitrogens with zero attached hydrogens (tertiary/aromatic N) is 2. The van der Waals surface area contributed by atoms with Gasteiger partial charge in [-0.15, -0.1) is 0 Å². The van der Waals surface area contributed by atoms with Crippen molar-refractivity contribution in [2.45, 2.75) is 22.3 Å². The molecule has 3 aromatic rings. The lowest BCUT2D eigenvalue weighted by atomic mass is 10.4. The Hall–Kier alpha value is -2.14. The van der Waals surface area contributed by atoms with Gasteiger partial charge in [-0.3, -0.25) is 4.98 Å². The fourth-order valence-electron chi connectivity index (χ4n) is 2.67. The number of benzene rings is 1. The van der Waals surface area contributed by atoms with Crippen molar-refractivity contribution in [3.8, 4) is 0 Å². The Morgan fingerprint density at radius 1 is 1.03 bits per heavy atom. The first-order chi connectivity index (χ1) is 16.0. The molecule has 0 bridgehead atoms. The van der Waals surface area contributed by atoms with Crippen LogP contribution in [0.1, 0.15) is 12.1 Å². The van der Waals surface area contributed by atoms with Crippen LogP contribution in [0.5, 0.6) is 0 Å². The largest absolute Gasteiger partial charge is 0.440 e. The van der Waals surface area contributed by atoms with Gasteiger partial charge in [-0.1, -0.05) is 41.6 Å². The van der Waals surface area contributed by atoms with Gasteiger partial charge in [0.1, 0.15) is 12.1 Å². The van der Waals surface area contributed by atoms with Crippen molar-refractivity contribution in [2.24, 2.45) is 0 Å². The number of oxazole rings is 1. The Morgan fingerprint density at radius 2 is 1.85 bits per heavy atom. The van der Waals surface area contributed by atoms with E-state index in [9.17, 15) is 8.42 Å². The van der Waals surface area contributed by atoms with Crippen molar-refractivity contribution in [2.75, 3.05) is 24.6 Å². The van der Waals surface area contributed by atoms with E-state index in [0.29, 0.717) is 34.9 Å². The van der Waals surface area contributed by atoms with Crippen molar-refractivity contribution in [3.05, 3.63) is 83.1 Å². The summed E-state index contributed by atoms with van der Waals surface area (Å²) >= 11 is 9.33. The predicted octanol–water partition coefficient (Wildman–Crippen LogP) is 4.59. The van der Waals surface area contributed by atoms with Crippen LogP contribution in [0.4, 0.5) is 0 Å². The molecule has 176 valence electrons. The summed E-state index contributed by atoms with van der Waals surface area (Å²) in [5.41, 5.74) is 0.841. The van der Waals surface area contributed by atoms with Crippen molar-refractivity contribution in [1.29, 1.82) is 0 Å². The molecule has 3 rings (SSSR count). The lowest BCUT2D eigenvalue weighted by Crippen LogP contribution is -2.30. The lowest BCUT2D eigenvalue weighted by molar-refractivity contribution is 0.454. The summed E-state index contributed by atoms with van der Waals surface area (Å²) in [5, 5.41) is 8.95. The molecule has 11 heteroatoms. The second-order valence-corrected chi connectivity index (χ2v) is 11.1. The molecule has 0 spiro atoms. The molecule has 2 aromatic heterocycles. The number of hydrogen-bond acceptors (Lipinski definition) is 9. The number of nitrogens with one attached hydrogen (secondary N) is 2. The van der Waals surface area contributed by atoms with Crippen LogP contribution < -0.4 is 10.6 Å². The van der Waals surface area contributed by atoms with E-state index in [1.807, 2.05) is 6.07 Å². The molecule has 0 aliphatic heterocycles. The highest BCUT2D eigenvalue weighted by molar-refractivity contribution is 7.99. The van der Waals surface area contributed by atoms with Gasteiger partial charge in [-0.2, -0.15) is 11.8 Å². The molecule has 0 unspecified atom stereocenters. The van der Waals surface area contributed by atoms with E-state index in [1.165, 1.54) is 17.2 Å². The van der Waals surface area contributed by atoms with Gasteiger partial charge in [0.05, 0.1) is 27.2 Å². The first-order valence-electron chi connectivity index (χ1n) is 10.2. The Kier molecular flexibility index (Phi) is 10.5. The number of rotatable bonds is 14. The normalized spacial score (nSPS) is 12.0. The summed E-state index contributed by atoms with van der Waals surface area (Å²) in [7, 11) is -3.58. The summed E-state index contributed by atoms with van der Waals surface area (Å²) in [6.07, 6.45) is 5.68. The van der Waals surface area contributed by atoms with Crippen LogP contribution in [-0.2, 0) is 15.6 Å². The summed E-state index contributed by atoms with van der Waals surface area (Å²) in [5.74, 6) is 2.72. The zero-order valence-corrected chi connectivity index (χ0v) is 21.0. The van der Waals surface area contributed by atoms with Crippen LogP contribution in [0.25, 0.3) is 0 Å². The molecule has 7 nitrogen and oxygen atoms in total. The second-order valence-electron chi connectivity index (χ2n) is 6.73. The van der Waals surface area contributed by atoms with Crippen molar-refractivity contribution < 1.29 is 12.8 Å². The van der Waals surface area contributed by atoms with Gasteiger partial charge in [-0.25, -0.2) is 13.4 Å². The zero-order chi connectivity index (χ0) is 23.4. The smallest absolute Gasteiger partial charge is 0.255 e. The molecular weight excluding hydrogens is 500 g/mol. The fraction of sp³-hybridized carbons (Fsp3) is 0.273. The molecule has 2 heterocycles. The Labute approximate surface area is 207 Å². The van der Waals surface area contributed by atoms with E-state index in [2.05, 4.69) is 20.6 Å². The maximum atomic E-state index is 12.8. The first-order valence-corrected chi connectivity index (χ1v) is 14.3. The number of hydrogen-bond donors (Lipinski definition) is 2. The Balaban J connectivity index is 1.52. The number of pyridine rings is 1. The van der Waals surface area contributed by atoms with E-state index < -0.39 is 9.84 Å². The standard InChI is InChI=1S/C22H25ClN4O3S3/c23-19-8-4-9-24-20(19)16-31-15-12-26-21(17-33(28,29)18-6-2-1-3-7-18)25-10-5-14-32-22-27-11-13-30-22/h1-4,6-9,11,13,17,25-26H,5,10,12,14-16H2. The van der Waals surface area contributed by atoms with E-state index in [0.717, 1.165) is 23.6 Å². The van der Waals surface area contributed by atoms with E-state index in [4.69, 9.17) is 16.0 Å². The van der Waals surface area contributed by atoms with Gasteiger partial charge in [0.25, 0.3) is 5.22 Å². The minimum absolute atomic E-state index is 0.254. The number of thioether (sulfide) groups is 2. The van der Waals surface area contributed by atoms with Gasteiger partial charge < -0.3 is 15.1 Å². The molecule has 0 atom stereocenters. The summed E-state index contributed by atoms with van der Waals surface area (Å²) in [6.45, 7) is 1.19. The molecule has 0 radical (unpaired) electrons. The lowest BCUT2D eigenvalue weighted by Gasteiger charge is -2.14. The quantitative estimate of drug-likeness (QED) is 0.232. The highest BCUT2D eigenvalue weighted by atomic mass is 35.5. The van der Waals surface area contributed by atoms with Crippen LogP contribution in [0.15, 0.2) is 86.9 Å². The van der Waals surface area contributed by atoms with Crippen molar-refractivity contribution >= 4 is 45.0 Å². The highest BCUT2D eigenvalue weighted by Gasteiger charge is 2.12. The average Bonchev–Trinajstić information content (AvgIpc) is 3.33. The van der Waals surface area contributed by atoms with Crippen LogP contribution in [0.2, 0.25) is 5.02 Å². The van der Waals surface area contributed by atoms with E-state index in [1.54, 1.807) is 66.8 Å². The zero-order valence-electron chi connectivity index (χ0n) is 17.8. The molecule has 0 aliphatic rings. The van der Waals surface area contributed by atoms with Crippen LogP contribution in [-0.4, -0.2) is 43.0 Å². The number of halogens is 1. The Bertz CT molecular complexity index is 1110. The third-order valence-electron chi connectivity index (χ3n) is 4.25. The van der Waals surface area contributed by atoms with Crippen molar-refractivity contribution in [1.82, 2.24) is 20.6 Å². The molecule has 0 amide bonds. The third-order valence-corrected chi connectivity index (χ3v) is 7.98. The van der Waals surface area contributed by atoms with Crippen LogP contribution >= 0.6 is 35.1 Å². The molecule has 2 N–H and O–H groups in total. The highest BCUT2D eigenvalue weighted by Crippen LogP contribution is 2.18. The van der Waals surface area contributed by atoms with E-state index >= 15 is 0 Å². The molecule has 0 saturated carbocycles. The minimum Gasteiger partial charge on any atom is -0.440 e. The van der Waals surface area contributed by atoms with Crippen LogP contribution in [0, 0.1) is 0 Å². The van der Waals surface area contributed by atoms with Gasteiger partial charge in [0, 0.05) is 36.5 Å². The number of aromatic nitrogens is 2. The second kappa shape index (κ2) is 13.5. The van der Waals surface area contributed by atoms with E-state index in [-0.39, 0.29) is 4.90 Å². The fourth-order valence-corrected chi connectivity index (χ4v) is 5.62. The molecule has 33 heavy (non-hydrogen) atoms. The molecule has 0 saturated heterocycles. The predicted molar refractivity (Wildman–Crippen MR) is 135 cm³/mol. The molecular formula is C22H25ClN4O3S3. The monoisotopic (exact) mass is 524 g/mol. The van der Waals surface area contributed by atoms with Crippen LogP contribution in [0.3, 0.4) is 0 Å². The number of sulfone groups is 1. The SMILES string of the molecule is O=S(=O)(C=C(NCCCSc1ncco1)NCCSCc1ncccc1Cl)c1ccccc1. The average molecular weight is 525 g/mol. The minimum atomic E-state index is -3.58. The van der Waals surface area contributed by atoms with Gasteiger partial charge in [0.2, 0.25) is 9.84 Å². The summed E-state index contributed by atoms with van der Waals surface area (Å²) in [6, 6.07) is 12.0. The van der Waals surface area contributed by atoms with Gasteiger partial charge >= 0.3 is 0 Å². The van der Waals surface area contributed by atoms with Gasteiger partial charge in [0.15, 0.2) is 0 Å². The third kappa shape index (κ3) is 8.96. The molecule has 1 aromatic carbocycles. The van der Waals surface area contributed by atoms with Gasteiger partial charge in [-0.05, 0) is 30.7 Å². The molecule has 0 aliphatic carbocycles. The summed E-state index contributed by atoms with van der Waals surface area (Å²) < 4.78 is 30.8. The summed E-state index contributed by atoms with van der Waals surface area (Å²) in [4.78, 5) is 8.61. The first kappa shape index (κ1) is 25.5. The maximum absolute atomic E-state index is 12.8. The maximum Gasteiger partial charge on any atom is 0.255 e. The Morgan fingerprint density at radius 3 is 2.61 bits per heavy atom. The van der Waals surface area contributed by atoms with Crippen molar-refractivity contribution in [3.63, 3.8) is 0 Å². The topological polar surface area (TPSA) is 97.1 Å². The molecule has 0 fully saturated rings.